The number of nitrogens with one attached hydrogen (secondary N) is 2. The van der Waals surface area contributed by atoms with Gasteiger partial charge in [-0.05, 0) is 56.2 Å². The average molecular weight is 405 g/mol. The van der Waals surface area contributed by atoms with Crippen LogP contribution in [0.1, 0.15) is 19.8 Å². The van der Waals surface area contributed by atoms with Crippen LogP contribution in [0.15, 0.2) is 47.4 Å². The summed E-state index contributed by atoms with van der Waals surface area (Å²) in [6, 6.07) is 12.6. The fourth-order valence-electron chi connectivity index (χ4n) is 2.51. The van der Waals surface area contributed by atoms with Gasteiger partial charge in [-0.1, -0.05) is 17.7 Å². The van der Waals surface area contributed by atoms with Crippen molar-refractivity contribution in [2.75, 3.05) is 17.7 Å². The number of ether oxygens (including phenoxy) is 1. The molecule has 1 aliphatic carbocycles. The zero-order valence-corrected chi connectivity index (χ0v) is 16.7. The predicted molar refractivity (Wildman–Crippen MR) is 110 cm³/mol. The Balaban J connectivity index is 1.62. The van der Waals surface area contributed by atoms with Crippen LogP contribution in [0, 0.1) is 5.92 Å². The molecule has 2 amide bonds. The van der Waals surface area contributed by atoms with Crippen LogP contribution in [0.5, 0.6) is 5.75 Å². The molecule has 27 heavy (non-hydrogen) atoms. The van der Waals surface area contributed by atoms with E-state index in [0.717, 1.165) is 23.4 Å². The van der Waals surface area contributed by atoms with Gasteiger partial charge >= 0.3 is 0 Å². The van der Waals surface area contributed by atoms with Crippen LogP contribution in [0.25, 0.3) is 0 Å². The monoisotopic (exact) mass is 404 g/mol. The molecule has 7 heteroatoms. The van der Waals surface area contributed by atoms with E-state index in [4.69, 9.17) is 16.3 Å². The van der Waals surface area contributed by atoms with E-state index >= 15 is 0 Å². The largest absolute Gasteiger partial charge is 0.495 e. The molecular weight excluding hydrogens is 384 g/mol. The number of rotatable bonds is 7. The number of halogens is 1. The summed E-state index contributed by atoms with van der Waals surface area (Å²) in [6.07, 6.45) is 1.93. The lowest BCUT2D eigenvalue weighted by molar-refractivity contribution is -0.117. The van der Waals surface area contributed by atoms with Crippen molar-refractivity contribution < 1.29 is 14.3 Å². The second-order valence-corrected chi connectivity index (χ2v) is 8.24. The Hall–Kier alpha value is -2.18. The van der Waals surface area contributed by atoms with Crippen LogP contribution in [-0.4, -0.2) is 24.2 Å². The molecule has 5 nitrogen and oxygen atoms in total. The van der Waals surface area contributed by atoms with E-state index in [1.807, 2.05) is 31.2 Å². The van der Waals surface area contributed by atoms with Crippen molar-refractivity contribution >= 4 is 46.6 Å². The quantitative estimate of drug-likeness (QED) is 0.649. The first kappa shape index (κ1) is 19.6. The molecule has 0 aliphatic heterocycles. The number of hydrogen-bond donors (Lipinski definition) is 2. The van der Waals surface area contributed by atoms with E-state index < -0.39 is 0 Å². The highest BCUT2D eigenvalue weighted by atomic mass is 35.5. The minimum absolute atomic E-state index is 0.0657. The molecule has 0 bridgehead atoms. The second-order valence-electron chi connectivity index (χ2n) is 6.39. The van der Waals surface area contributed by atoms with E-state index in [0.29, 0.717) is 16.5 Å². The topological polar surface area (TPSA) is 67.4 Å². The summed E-state index contributed by atoms with van der Waals surface area (Å²) in [5.74, 6) is 0.609. The lowest BCUT2D eigenvalue weighted by Gasteiger charge is -2.15. The highest BCUT2D eigenvalue weighted by Crippen LogP contribution is 2.32. The molecule has 0 saturated heterocycles. The Morgan fingerprint density at radius 1 is 1.19 bits per heavy atom. The number of methoxy groups -OCH3 is 1. The number of carbonyl (C=O) groups excluding carboxylic acids is 2. The third kappa shape index (κ3) is 5.40. The van der Waals surface area contributed by atoms with Crippen molar-refractivity contribution in [2.45, 2.75) is 29.9 Å². The van der Waals surface area contributed by atoms with Gasteiger partial charge in [0.1, 0.15) is 5.75 Å². The van der Waals surface area contributed by atoms with Gasteiger partial charge in [0.25, 0.3) is 0 Å². The van der Waals surface area contributed by atoms with Gasteiger partial charge in [0.2, 0.25) is 11.8 Å². The van der Waals surface area contributed by atoms with Crippen molar-refractivity contribution in [1.82, 2.24) is 0 Å². The molecule has 3 rings (SSSR count). The van der Waals surface area contributed by atoms with Crippen molar-refractivity contribution in [3.63, 3.8) is 0 Å². The summed E-state index contributed by atoms with van der Waals surface area (Å²) in [4.78, 5) is 25.4. The Bertz CT molecular complexity index is 855. The molecule has 1 fully saturated rings. The van der Waals surface area contributed by atoms with E-state index in [9.17, 15) is 9.59 Å². The number of thioether (sulfide) groups is 1. The van der Waals surface area contributed by atoms with Crippen molar-refractivity contribution in [1.29, 1.82) is 0 Å². The number of benzene rings is 2. The van der Waals surface area contributed by atoms with Gasteiger partial charge in [-0.15, -0.1) is 11.8 Å². The molecule has 1 atom stereocenters. The summed E-state index contributed by atoms with van der Waals surface area (Å²) in [6.45, 7) is 1.83. The average Bonchev–Trinajstić information content (AvgIpc) is 3.47. The van der Waals surface area contributed by atoms with E-state index in [-0.39, 0.29) is 23.0 Å². The SMILES string of the molecule is COc1ccc(Cl)cc1NC(=O)C(C)Sc1cccc(NC(=O)C2CC2)c1. The summed E-state index contributed by atoms with van der Waals surface area (Å²) in [5, 5.41) is 5.95. The zero-order chi connectivity index (χ0) is 19.4. The fourth-order valence-corrected chi connectivity index (χ4v) is 3.61. The minimum atomic E-state index is -0.344. The Morgan fingerprint density at radius 2 is 1.96 bits per heavy atom. The molecule has 0 radical (unpaired) electrons. The Kier molecular flexibility index (Phi) is 6.29. The first-order valence-corrected chi connectivity index (χ1v) is 9.94. The normalized spacial score (nSPS) is 14.3. The second kappa shape index (κ2) is 8.67. The Labute approximate surface area is 167 Å². The number of anilines is 2. The molecule has 1 aliphatic rings. The third-order valence-corrected chi connectivity index (χ3v) is 5.48. The van der Waals surface area contributed by atoms with Crippen LogP contribution in [0.4, 0.5) is 11.4 Å². The molecule has 2 aromatic rings. The van der Waals surface area contributed by atoms with Crippen molar-refractivity contribution in [3.8, 4) is 5.75 Å². The molecule has 0 spiro atoms. The van der Waals surface area contributed by atoms with Gasteiger partial charge in [0.05, 0.1) is 18.0 Å². The van der Waals surface area contributed by atoms with Crippen molar-refractivity contribution in [3.05, 3.63) is 47.5 Å². The van der Waals surface area contributed by atoms with E-state index in [1.54, 1.807) is 25.3 Å². The van der Waals surface area contributed by atoms with E-state index in [2.05, 4.69) is 10.6 Å². The zero-order valence-electron chi connectivity index (χ0n) is 15.1. The van der Waals surface area contributed by atoms with Gasteiger partial charge in [0, 0.05) is 21.5 Å². The predicted octanol–water partition coefficient (Wildman–Crippen LogP) is 4.82. The number of hydrogen-bond acceptors (Lipinski definition) is 4. The van der Waals surface area contributed by atoms with Gasteiger partial charge in [0.15, 0.2) is 0 Å². The Morgan fingerprint density at radius 3 is 2.67 bits per heavy atom. The maximum atomic E-state index is 12.6. The van der Waals surface area contributed by atoms with Gasteiger partial charge in [-0.25, -0.2) is 0 Å². The third-order valence-electron chi connectivity index (χ3n) is 4.15. The maximum Gasteiger partial charge on any atom is 0.237 e. The van der Waals surface area contributed by atoms with Crippen LogP contribution < -0.4 is 15.4 Å². The van der Waals surface area contributed by atoms with E-state index in [1.165, 1.54) is 11.8 Å². The standard InChI is InChI=1S/C20H21ClN2O3S/c1-12(19(24)23-17-10-14(21)8-9-18(17)26-2)27-16-5-3-4-15(11-16)22-20(25)13-6-7-13/h3-5,8-13H,6-7H2,1-2H3,(H,22,25)(H,23,24). The molecule has 1 unspecified atom stereocenters. The lowest BCUT2D eigenvalue weighted by Crippen LogP contribution is -2.22. The highest BCUT2D eigenvalue weighted by Gasteiger charge is 2.29. The number of amides is 2. The van der Waals surface area contributed by atoms with Crippen LogP contribution in [0.3, 0.4) is 0 Å². The van der Waals surface area contributed by atoms with Crippen LogP contribution >= 0.6 is 23.4 Å². The summed E-state index contributed by atoms with van der Waals surface area (Å²) >= 11 is 7.42. The van der Waals surface area contributed by atoms with Crippen molar-refractivity contribution in [2.24, 2.45) is 5.92 Å². The number of carbonyl (C=O) groups is 2. The van der Waals surface area contributed by atoms with Gasteiger partial charge < -0.3 is 15.4 Å². The molecule has 142 valence electrons. The molecule has 2 N–H and O–H groups in total. The highest BCUT2D eigenvalue weighted by molar-refractivity contribution is 8.00. The fraction of sp³-hybridized carbons (Fsp3) is 0.300. The summed E-state index contributed by atoms with van der Waals surface area (Å²) in [7, 11) is 1.54. The smallest absolute Gasteiger partial charge is 0.237 e. The van der Waals surface area contributed by atoms with Gasteiger partial charge in [-0.2, -0.15) is 0 Å². The molecule has 0 aromatic heterocycles. The first-order valence-electron chi connectivity index (χ1n) is 8.68. The van der Waals surface area contributed by atoms with Crippen LogP contribution in [-0.2, 0) is 9.59 Å². The first-order chi connectivity index (χ1) is 13.0. The summed E-state index contributed by atoms with van der Waals surface area (Å²) in [5.41, 5.74) is 1.29. The molecule has 0 heterocycles. The lowest BCUT2D eigenvalue weighted by atomic mass is 10.3. The minimum Gasteiger partial charge on any atom is -0.495 e. The molecular formula is C20H21ClN2O3S. The molecule has 2 aromatic carbocycles. The molecule has 1 saturated carbocycles. The maximum absolute atomic E-state index is 12.6. The summed E-state index contributed by atoms with van der Waals surface area (Å²) < 4.78 is 5.26. The van der Waals surface area contributed by atoms with Crippen LogP contribution in [0.2, 0.25) is 5.02 Å². The van der Waals surface area contributed by atoms with Gasteiger partial charge in [-0.3, -0.25) is 9.59 Å².